The second-order valence-electron chi connectivity index (χ2n) is 11.8. The summed E-state index contributed by atoms with van der Waals surface area (Å²) >= 11 is 0. The first-order valence-electron chi connectivity index (χ1n) is 14.6. The van der Waals surface area contributed by atoms with Crippen LogP contribution in [0.15, 0.2) is 119 Å². The van der Waals surface area contributed by atoms with Gasteiger partial charge < -0.3 is 10.2 Å². The summed E-state index contributed by atoms with van der Waals surface area (Å²) in [5.74, 6) is -5.49. The standard InChI is InChI=1S/C34H24F8N4O2/c35-23-15-11-19(12-16-23)25-27(33(37,38)39)44-46-29(25)31(47,21-7-3-1-4-8-21)45-30(32(46,48)22-9-5-2-6-10-22)26(28(43-45)34(40,41)42)20-13-17-24(36)18-14-20/h1-18,25-26,29-30,47-48H/t25-,26-,29?,30?,31+,32+/m1/s1. The molecule has 3 aliphatic rings. The van der Waals surface area contributed by atoms with Crippen molar-refractivity contribution in [2.45, 2.75) is 47.7 Å². The molecule has 6 nitrogen and oxygen atoms in total. The second-order valence-corrected chi connectivity index (χ2v) is 11.8. The Labute approximate surface area is 267 Å². The molecule has 0 amide bonds. The quantitative estimate of drug-likeness (QED) is 0.236. The van der Waals surface area contributed by atoms with E-state index in [0.717, 1.165) is 48.5 Å². The van der Waals surface area contributed by atoms with Crippen LogP contribution >= 0.6 is 0 Å². The van der Waals surface area contributed by atoms with Crippen LogP contribution in [0, 0.1) is 11.6 Å². The topological polar surface area (TPSA) is 71.7 Å². The minimum Gasteiger partial charge on any atom is -0.364 e. The average Bonchev–Trinajstić information content (AvgIpc) is 3.68. The van der Waals surface area contributed by atoms with Gasteiger partial charge in [0, 0.05) is 11.1 Å². The first-order valence-corrected chi connectivity index (χ1v) is 14.6. The number of hydrogen-bond acceptors (Lipinski definition) is 6. The second kappa shape index (κ2) is 10.9. The average molecular weight is 673 g/mol. The SMILES string of the molecule is O[C@@]1(c2ccccc2)C2[C@H](c3ccc(F)cc3)C(C(F)(F)F)=NN2[C@](O)(c2ccccc2)C2[C@H](c3ccc(F)cc3)C(C(F)(F)F)=NN21. The molecular weight excluding hydrogens is 648 g/mol. The zero-order chi connectivity index (χ0) is 34.2. The van der Waals surface area contributed by atoms with Crippen molar-refractivity contribution in [1.29, 1.82) is 0 Å². The van der Waals surface area contributed by atoms with E-state index < -0.39 is 70.8 Å². The Kier molecular flexibility index (Phi) is 7.18. The van der Waals surface area contributed by atoms with Gasteiger partial charge in [0.1, 0.15) is 23.7 Å². The van der Waals surface area contributed by atoms with E-state index in [4.69, 9.17) is 0 Å². The first-order chi connectivity index (χ1) is 22.7. The largest absolute Gasteiger partial charge is 0.431 e. The van der Waals surface area contributed by atoms with E-state index in [-0.39, 0.29) is 22.3 Å². The minimum absolute atomic E-state index is 0.157. The number of alkyl halides is 6. The van der Waals surface area contributed by atoms with Gasteiger partial charge in [-0.15, -0.1) is 0 Å². The van der Waals surface area contributed by atoms with E-state index in [9.17, 15) is 45.3 Å². The lowest BCUT2D eigenvalue weighted by Crippen LogP contribution is -2.74. The van der Waals surface area contributed by atoms with Crippen LogP contribution in [-0.2, 0) is 11.4 Å². The lowest BCUT2D eigenvalue weighted by molar-refractivity contribution is -0.311. The molecule has 6 atom stereocenters. The van der Waals surface area contributed by atoms with Crippen LogP contribution in [0.5, 0.6) is 0 Å². The van der Waals surface area contributed by atoms with Crippen LogP contribution in [0.25, 0.3) is 0 Å². The van der Waals surface area contributed by atoms with Crippen LogP contribution < -0.4 is 0 Å². The van der Waals surface area contributed by atoms with Crippen molar-refractivity contribution in [1.82, 2.24) is 10.0 Å². The Morgan fingerprint density at radius 2 is 0.812 bits per heavy atom. The van der Waals surface area contributed by atoms with Crippen molar-refractivity contribution in [3.8, 4) is 0 Å². The molecule has 0 radical (unpaired) electrons. The molecule has 4 aromatic carbocycles. The Hall–Kier alpha value is -4.82. The molecule has 0 saturated carbocycles. The highest BCUT2D eigenvalue weighted by Gasteiger charge is 2.74. The van der Waals surface area contributed by atoms with Gasteiger partial charge in [-0.3, -0.25) is 10.0 Å². The van der Waals surface area contributed by atoms with E-state index in [1.54, 1.807) is 0 Å². The van der Waals surface area contributed by atoms with Gasteiger partial charge in [0.05, 0.1) is 11.8 Å². The van der Waals surface area contributed by atoms with Crippen LogP contribution in [0.4, 0.5) is 35.1 Å². The number of nitrogens with zero attached hydrogens (tertiary/aromatic N) is 4. The van der Waals surface area contributed by atoms with Crippen molar-refractivity contribution in [3.63, 3.8) is 0 Å². The van der Waals surface area contributed by atoms with E-state index in [1.165, 1.54) is 60.7 Å². The maximum Gasteiger partial charge on any atom is 0.431 e. The molecule has 0 aromatic heterocycles. The highest BCUT2D eigenvalue weighted by Crippen LogP contribution is 2.61. The Morgan fingerprint density at radius 1 is 0.500 bits per heavy atom. The number of piperazine rings is 1. The van der Waals surface area contributed by atoms with Crippen molar-refractivity contribution in [2.75, 3.05) is 0 Å². The van der Waals surface area contributed by atoms with E-state index >= 15 is 0 Å². The zero-order valence-corrected chi connectivity index (χ0v) is 24.4. The van der Waals surface area contributed by atoms with Gasteiger partial charge in [-0.05, 0) is 35.4 Å². The van der Waals surface area contributed by atoms with Crippen LogP contribution in [-0.4, -0.2) is 56.1 Å². The summed E-state index contributed by atoms with van der Waals surface area (Å²) in [6, 6.07) is 17.9. The molecule has 1 fully saturated rings. The minimum atomic E-state index is -5.19. The summed E-state index contributed by atoms with van der Waals surface area (Å²) < 4.78 is 118. The summed E-state index contributed by atoms with van der Waals surface area (Å²) in [5, 5.41) is 34.9. The number of hydrogen-bond donors (Lipinski definition) is 2. The van der Waals surface area contributed by atoms with Gasteiger partial charge in [-0.25, -0.2) is 8.78 Å². The zero-order valence-electron chi connectivity index (χ0n) is 24.4. The molecule has 7 rings (SSSR count). The van der Waals surface area contributed by atoms with Crippen LogP contribution in [0.1, 0.15) is 34.1 Å². The van der Waals surface area contributed by atoms with Gasteiger partial charge >= 0.3 is 12.4 Å². The van der Waals surface area contributed by atoms with Gasteiger partial charge in [-0.1, -0.05) is 84.9 Å². The highest BCUT2D eigenvalue weighted by atomic mass is 19.4. The smallest absolute Gasteiger partial charge is 0.364 e. The predicted molar refractivity (Wildman–Crippen MR) is 157 cm³/mol. The number of benzene rings is 4. The summed E-state index contributed by atoms with van der Waals surface area (Å²) in [6.07, 6.45) is -10.4. The van der Waals surface area contributed by atoms with E-state index in [0.29, 0.717) is 10.0 Å². The fourth-order valence-electron chi connectivity index (χ4n) is 7.18. The summed E-state index contributed by atoms with van der Waals surface area (Å²) in [7, 11) is 0. The normalized spacial score (nSPS) is 28.5. The van der Waals surface area contributed by atoms with Crippen molar-refractivity contribution in [2.24, 2.45) is 10.2 Å². The molecule has 4 aromatic rings. The molecule has 1 saturated heterocycles. The molecule has 0 aliphatic carbocycles. The predicted octanol–water partition coefficient (Wildman–Crippen LogP) is 6.74. The number of halogens is 8. The lowest BCUT2D eigenvalue weighted by Gasteiger charge is -2.60. The monoisotopic (exact) mass is 672 g/mol. The molecule has 3 aliphatic heterocycles. The molecule has 3 heterocycles. The molecule has 14 heteroatoms. The Bertz CT molecular complexity index is 1750. The maximum absolute atomic E-state index is 15.0. The third kappa shape index (κ3) is 4.68. The van der Waals surface area contributed by atoms with Crippen LogP contribution in [0.2, 0.25) is 0 Å². The number of aliphatic hydroxyl groups is 2. The molecule has 248 valence electrons. The molecule has 2 N–H and O–H groups in total. The van der Waals surface area contributed by atoms with Crippen molar-refractivity contribution < 1.29 is 45.3 Å². The van der Waals surface area contributed by atoms with Gasteiger partial charge in [0.25, 0.3) is 0 Å². The van der Waals surface area contributed by atoms with Crippen molar-refractivity contribution in [3.05, 3.63) is 143 Å². The van der Waals surface area contributed by atoms with Crippen molar-refractivity contribution >= 4 is 11.4 Å². The Morgan fingerprint density at radius 3 is 1.10 bits per heavy atom. The fraction of sp³-hybridized carbons (Fsp3) is 0.235. The van der Waals surface area contributed by atoms with Gasteiger partial charge in [0.15, 0.2) is 11.4 Å². The number of rotatable bonds is 4. The Balaban J connectivity index is 1.60. The number of fused-ring (bicyclic) bond motifs is 2. The first kappa shape index (κ1) is 31.8. The summed E-state index contributed by atoms with van der Waals surface area (Å²) in [4.78, 5) is 0. The molecule has 0 spiro atoms. The highest BCUT2D eigenvalue weighted by molar-refractivity contribution is 5.99. The molecule has 48 heavy (non-hydrogen) atoms. The third-order valence-electron chi connectivity index (χ3n) is 9.14. The van der Waals surface area contributed by atoms with Gasteiger partial charge in [0.2, 0.25) is 11.4 Å². The van der Waals surface area contributed by atoms with E-state index in [2.05, 4.69) is 10.2 Å². The number of hydrazone groups is 2. The van der Waals surface area contributed by atoms with E-state index in [1.807, 2.05) is 0 Å². The third-order valence-corrected chi connectivity index (χ3v) is 9.14. The fourth-order valence-corrected chi connectivity index (χ4v) is 7.18. The van der Waals surface area contributed by atoms with Crippen LogP contribution in [0.3, 0.4) is 0 Å². The molecule has 2 unspecified atom stereocenters. The molecular formula is C34H24F8N4O2. The lowest BCUT2D eigenvalue weighted by atomic mass is 9.71. The molecule has 0 bridgehead atoms. The summed E-state index contributed by atoms with van der Waals surface area (Å²) in [6.45, 7) is 0. The van der Waals surface area contributed by atoms with Gasteiger partial charge in [-0.2, -0.15) is 36.5 Å². The maximum atomic E-state index is 15.0. The summed E-state index contributed by atoms with van der Waals surface area (Å²) in [5.41, 5.74) is -9.33.